The summed E-state index contributed by atoms with van der Waals surface area (Å²) in [7, 11) is 0. The molecular formula is C14H18N4. The molecular weight excluding hydrogens is 224 g/mol. The maximum Gasteiger partial charge on any atom is 0.146 e. The van der Waals surface area contributed by atoms with Gasteiger partial charge in [-0.15, -0.1) is 0 Å². The second-order valence-electron chi connectivity index (χ2n) is 5.23. The average Bonchev–Trinajstić information content (AvgIpc) is 2.84. The number of anilines is 1. The number of fused-ring (bicyclic) bond motifs is 1. The van der Waals surface area contributed by atoms with Gasteiger partial charge in [0.15, 0.2) is 0 Å². The van der Waals surface area contributed by atoms with Crippen molar-refractivity contribution in [3.05, 3.63) is 22.9 Å². The first-order chi connectivity index (χ1) is 8.78. The molecule has 1 aromatic rings. The second kappa shape index (κ2) is 4.58. The highest BCUT2D eigenvalue weighted by atomic mass is 15.2. The molecule has 0 spiro atoms. The highest BCUT2D eigenvalue weighted by molar-refractivity contribution is 5.57. The van der Waals surface area contributed by atoms with Crippen molar-refractivity contribution in [2.24, 2.45) is 0 Å². The van der Waals surface area contributed by atoms with Crippen LogP contribution in [0.25, 0.3) is 0 Å². The van der Waals surface area contributed by atoms with E-state index in [-0.39, 0.29) is 0 Å². The van der Waals surface area contributed by atoms with E-state index in [1.165, 1.54) is 17.7 Å². The quantitative estimate of drug-likeness (QED) is 0.805. The van der Waals surface area contributed by atoms with Crippen molar-refractivity contribution < 1.29 is 0 Å². The van der Waals surface area contributed by atoms with Gasteiger partial charge in [0.25, 0.3) is 0 Å². The Bertz CT molecular complexity index is 503. The maximum atomic E-state index is 9.31. The summed E-state index contributed by atoms with van der Waals surface area (Å²) in [4.78, 5) is 7.01. The second-order valence-corrected chi connectivity index (χ2v) is 5.23. The van der Waals surface area contributed by atoms with Crippen molar-refractivity contribution in [3.8, 4) is 6.07 Å². The molecule has 0 bridgehead atoms. The standard InChI is InChI=1S/C14H18N4/c1-10-9-18(6-5-16-10)14-12(8-15)7-11-3-2-4-13(11)17-14/h7,10,16H,2-6,9H2,1H3/t10-/m0/s1. The number of nitriles is 1. The third-order valence-electron chi connectivity index (χ3n) is 3.82. The Morgan fingerprint density at radius 2 is 2.39 bits per heavy atom. The predicted octanol–water partition coefficient (Wildman–Crippen LogP) is 1.24. The van der Waals surface area contributed by atoms with Crippen LogP contribution in [0.3, 0.4) is 0 Å². The van der Waals surface area contributed by atoms with Crippen LogP contribution in [0, 0.1) is 11.3 Å². The highest BCUT2D eigenvalue weighted by Crippen LogP contribution is 2.27. The van der Waals surface area contributed by atoms with Crippen LogP contribution in [0.15, 0.2) is 6.07 Å². The van der Waals surface area contributed by atoms with Gasteiger partial charge in [-0.3, -0.25) is 0 Å². The van der Waals surface area contributed by atoms with E-state index in [0.29, 0.717) is 6.04 Å². The number of nitrogens with one attached hydrogen (secondary N) is 1. The molecule has 2 heterocycles. The van der Waals surface area contributed by atoms with Crippen molar-refractivity contribution in [1.82, 2.24) is 10.3 Å². The fraction of sp³-hybridized carbons (Fsp3) is 0.571. The number of aryl methyl sites for hydroxylation is 2. The Morgan fingerprint density at radius 1 is 1.50 bits per heavy atom. The van der Waals surface area contributed by atoms with Crippen molar-refractivity contribution in [2.45, 2.75) is 32.2 Å². The fourth-order valence-corrected chi connectivity index (χ4v) is 2.91. The molecule has 0 saturated carbocycles. The van der Waals surface area contributed by atoms with Crippen LogP contribution in [-0.4, -0.2) is 30.7 Å². The lowest BCUT2D eigenvalue weighted by Gasteiger charge is -2.33. The summed E-state index contributed by atoms with van der Waals surface area (Å²) in [5, 5.41) is 12.7. The van der Waals surface area contributed by atoms with Gasteiger partial charge in [-0.05, 0) is 37.8 Å². The van der Waals surface area contributed by atoms with E-state index in [2.05, 4.69) is 29.3 Å². The Morgan fingerprint density at radius 3 is 3.17 bits per heavy atom. The lowest BCUT2D eigenvalue weighted by Crippen LogP contribution is -2.49. The SMILES string of the molecule is C[C@H]1CN(c2nc3c(cc2C#N)CCC3)CCN1. The van der Waals surface area contributed by atoms with Gasteiger partial charge >= 0.3 is 0 Å². The van der Waals surface area contributed by atoms with Gasteiger partial charge in [0.05, 0.1) is 5.56 Å². The van der Waals surface area contributed by atoms with Crippen molar-refractivity contribution in [3.63, 3.8) is 0 Å². The van der Waals surface area contributed by atoms with E-state index in [0.717, 1.165) is 43.9 Å². The molecule has 1 aliphatic heterocycles. The Kier molecular flexibility index (Phi) is 2.92. The predicted molar refractivity (Wildman–Crippen MR) is 70.7 cm³/mol. The number of hydrogen-bond donors (Lipinski definition) is 1. The van der Waals surface area contributed by atoms with E-state index in [1.54, 1.807) is 0 Å². The molecule has 1 fully saturated rings. The third kappa shape index (κ3) is 1.95. The van der Waals surface area contributed by atoms with Gasteiger partial charge in [0.2, 0.25) is 0 Å². The lowest BCUT2D eigenvalue weighted by molar-refractivity contribution is 0.482. The molecule has 0 unspecified atom stereocenters. The zero-order valence-electron chi connectivity index (χ0n) is 10.7. The molecule has 3 rings (SSSR count). The minimum Gasteiger partial charge on any atom is -0.353 e. The summed E-state index contributed by atoms with van der Waals surface area (Å²) < 4.78 is 0. The maximum absolute atomic E-state index is 9.31. The molecule has 94 valence electrons. The molecule has 0 amide bonds. The third-order valence-corrected chi connectivity index (χ3v) is 3.82. The van der Waals surface area contributed by atoms with Gasteiger partial charge < -0.3 is 10.2 Å². The summed E-state index contributed by atoms with van der Waals surface area (Å²) in [5.41, 5.74) is 3.22. The van der Waals surface area contributed by atoms with Gasteiger partial charge in [-0.25, -0.2) is 4.98 Å². The number of hydrogen-bond acceptors (Lipinski definition) is 4. The zero-order chi connectivity index (χ0) is 12.5. The first-order valence-corrected chi connectivity index (χ1v) is 6.69. The Hall–Kier alpha value is -1.60. The van der Waals surface area contributed by atoms with Crippen LogP contribution in [0.4, 0.5) is 5.82 Å². The molecule has 1 N–H and O–H groups in total. The van der Waals surface area contributed by atoms with Crippen LogP contribution >= 0.6 is 0 Å². The van der Waals surface area contributed by atoms with Crippen LogP contribution in [0.1, 0.15) is 30.2 Å². The number of aromatic nitrogens is 1. The molecule has 1 atom stereocenters. The molecule has 0 radical (unpaired) electrons. The van der Waals surface area contributed by atoms with Crippen molar-refractivity contribution >= 4 is 5.82 Å². The number of rotatable bonds is 1. The summed E-state index contributed by atoms with van der Waals surface area (Å²) in [6.07, 6.45) is 3.32. The van der Waals surface area contributed by atoms with Crippen LogP contribution in [0.5, 0.6) is 0 Å². The summed E-state index contributed by atoms with van der Waals surface area (Å²) in [6.45, 7) is 5.00. The Labute approximate surface area is 108 Å². The van der Waals surface area contributed by atoms with Gasteiger partial charge in [0, 0.05) is 31.4 Å². The average molecular weight is 242 g/mol. The topological polar surface area (TPSA) is 52.0 Å². The molecule has 1 aliphatic carbocycles. The summed E-state index contributed by atoms with van der Waals surface area (Å²) in [6, 6.07) is 4.82. The van der Waals surface area contributed by atoms with Crippen LogP contribution in [0.2, 0.25) is 0 Å². The summed E-state index contributed by atoms with van der Waals surface area (Å²) >= 11 is 0. The first-order valence-electron chi connectivity index (χ1n) is 6.69. The van der Waals surface area contributed by atoms with Crippen LogP contribution in [-0.2, 0) is 12.8 Å². The zero-order valence-corrected chi connectivity index (χ0v) is 10.7. The molecule has 1 saturated heterocycles. The number of nitrogens with zero attached hydrogens (tertiary/aromatic N) is 3. The normalized spacial score (nSPS) is 22.7. The van der Waals surface area contributed by atoms with E-state index in [9.17, 15) is 5.26 Å². The monoisotopic (exact) mass is 242 g/mol. The Balaban J connectivity index is 1.98. The smallest absolute Gasteiger partial charge is 0.146 e. The van der Waals surface area contributed by atoms with Crippen molar-refractivity contribution in [2.75, 3.05) is 24.5 Å². The largest absolute Gasteiger partial charge is 0.353 e. The van der Waals surface area contributed by atoms with E-state index in [4.69, 9.17) is 4.98 Å². The molecule has 4 nitrogen and oxygen atoms in total. The highest BCUT2D eigenvalue weighted by Gasteiger charge is 2.23. The minimum atomic E-state index is 0.459. The number of pyridine rings is 1. The molecule has 1 aromatic heterocycles. The van der Waals surface area contributed by atoms with Gasteiger partial charge in [-0.2, -0.15) is 5.26 Å². The minimum absolute atomic E-state index is 0.459. The molecule has 18 heavy (non-hydrogen) atoms. The fourth-order valence-electron chi connectivity index (χ4n) is 2.91. The van der Waals surface area contributed by atoms with Crippen LogP contribution < -0.4 is 10.2 Å². The molecule has 2 aliphatic rings. The van der Waals surface area contributed by atoms with Gasteiger partial charge in [0.1, 0.15) is 11.9 Å². The first kappa shape index (κ1) is 11.5. The molecule has 4 heteroatoms. The lowest BCUT2D eigenvalue weighted by atomic mass is 10.1. The van der Waals surface area contributed by atoms with Gasteiger partial charge in [-0.1, -0.05) is 0 Å². The number of piperazine rings is 1. The van der Waals surface area contributed by atoms with E-state index in [1.807, 2.05) is 0 Å². The van der Waals surface area contributed by atoms with E-state index >= 15 is 0 Å². The summed E-state index contributed by atoms with van der Waals surface area (Å²) in [5.74, 6) is 0.895. The molecule has 0 aromatic carbocycles. The van der Waals surface area contributed by atoms with Crippen molar-refractivity contribution in [1.29, 1.82) is 5.26 Å². The van der Waals surface area contributed by atoms with E-state index < -0.39 is 0 Å².